The zero-order valence-corrected chi connectivity index (χ0v) is 16.2. The van der Waals surface area contributed by atoms with Crippen molar-refractivity contribution in [2.45, 2.75) is 13.5 Å². The van der Waals surface area contributed by atoms with E-state index in [2.05, 4.69) is 4.98 Å². The third kappa shape index (κ3) is 4.20. The number of fused-ring (bicyclic) bond motifs is 1. The van der Waals surface area contributed by atoms with Crippen LogP contribution in [0.4, 0.5) is 0 Å². The number of nitrogens with zero attached hydrogens (tertiary/aromatic N) is 2. The number of esters is 2. The van der Waals surface area contributed by atoms with Gasteiger partial charge < -0.3 is 14.2 Å². The number of aromatic nitrogens is 2. The average molecular weight is 402 g/mol. The molecule has 0 aliphatic carbocycles. The van der Waals surface area contributed by atoms with E-state index >= 15 is 0 Å². The highest BCUT2D eigenvalue weighted by molar-refractivity contribution is 7.20. The first-order valence-corrected chi connectivity index (χ1v) is 9.23. The molecule has 0 saturated heterocycles. The molecule has 0 N–H and O–H groups in total. The van der Waals surface area contributed by atoms with Crippen molar-refractivity contribution in [2.24, 2.45) is 0 Å². The minimum Gasteiger partial charge on any atom is -0.490 e. The zero-order valence-electron chi connectivity index (χ0n) is 15.3. The van der Waals surface area contributed by atoms with Crippen LogP contribution >= 0.6 is 11.3 Å². The van der Waals surface area contributed by atoms with E-state index in [1.54, 1.807) is 19.1 Å². The first-order chi connectivity index (χ1) is 13.5. The molecule has 0 radical (unpaired) electrons. The fourth-order valence-electron chi connectivity index (χ4n) is 2.58. The van der Waals surface area contributed by atoms with Crippen LogP contribution in [0.3, 0.4) is 0 Å². The summed E-state index contributed by atoms with van der Waals surface area (Å²) in [6, 6.07) is 9.16. The highest BCUT2D eigenvalue weighted by Gasteiger charge is 2.20. The van der Waals surface area contributed by atoms with Crippen molar-refractivity contribution in [1.82, 2.24) is 9.55 Å². The fraction of sp³-hybridized carbons (Fsp3) is 0.263. The van der Waals surface area contributed by atoms with Crippen LogP contribution in [-0.4, -0.2) is 41.8 Å². The third-order valence-corrected chi connectivity index (χ3v) is 5.13. The molecule has 0 aliphatic heterocycles. The van der Waals surface area contributed by atoms with Gasteiger partial charge in [0.05, 0.1) is 18.8 Å². The summed E-state index contributed by atoms with van der Waals surface area (Å²) in [6.45, 7) is 1.63. The van der Waals surface area contributed by atoms with Crippen molar-refractivity contribution in [3.05, 3.63) is 57.5 Å². The largest absolute Gasteiger partial charge is 0.490 e. The summed E-state index contributed by atoms with van der Waals surface area (Å²) in [6.07, 6.45) is 1.27. The zero-order chi connectivity index (χ0) is 20.1. The number of hydrogen-bond donors (Lipinski definition) is 0. The monoisotopic (exact) mass is 402 g/mol. The molecule has 0 aliphatic rings. The van der Waals surface area contributed by atoms with Crippen LogP contribution in [-0.2, 0) is 20.8 Å². The maximum absolute atomic E-state index is 12.7. The van der Waals surface area contributed by atoms with Crippen LogP contribution in [0.2, 0.25) is 0 Å². The third-order valence-electron chi connectivity index (χ3n) is 3.95. The first kappa shape index (κ1) is 19.6. The maximum atomic E-state index is 12.7. The lowest BCUT2D eigenvalue weighted by atomic mass is 10.2. The highest BCUT2D eigenvalue weighted by atomic mass is 32.1. The highest BCUT2D eigenvalue weighted by Crippen LogP contribution is 2.27. The Kier molecular flexibility index (Phi) is 6.05. The smallest absolute Gasteiger partial charge is 0.348 e. The van der Waals surface area contributed by atoms with E-state index in [1.165, 1.54) is 13.4 Å². The normalized spacial score (nSPS) is 10.6. The number of ether oxygens (including phenoxy) is 3. The lowest BCUT2D eigenvalue weighted by Gasteiger charge is -2.08. The van der Waals surface area contributed by atoms with E-state index in [4.69, 9.17) is 14.2 Å². The molecule has 146 valence electrons. The van der Waals surface area contributed by atoms with E-state index in [0.29, 0.717) is 26.4 Å². The molecule has 0 unspecified atom stereocenters. The van der Waals surface area contributed by atoms with Crippen molar-refractivity contribution >= 4 is 33.5 Å². The Morgan fingerprint density at radius 2 is 1.93 bits per heavy atom. The van der Waals surface area contributed by atoms with E-state index in [1.807, 2.05) is 18.2 Å². The van der Waals surface area contributed by atoms with Crippen LogP contribution in [0.15, 0.2) is 41.5 Å². The molecule has 9 heteroatoms. The van der Waals surface area contributed by atoms with Crippen molar-refractivity contribution < 1.29 is 23.8 Å². The second-order valence-electron chi connectivity index (χ2n) is 5.79. The van der Waals surface area contributed by atoms with E-state index in [9.17, 15) is 14.4 Å². The Morgan fingerprint density at radius 1 is 1.18 bits per heavy atom. The molecule has 28 heavy (non-hydrogen) atoms. The molecule has 0 spiro atoms. The standard InChI is InChI=1S/C19H18N2O6S/c1-12-15-17(28-16(12)19(24)25-2)20-11-21(18(15)23)10-14(22)27-9-8-26-13-6-4-3-5-7-13/h3-7,11H,8-10H2,1-2H3. The van der Waals surface area contributed by atoms with Gasteiger partial charge in [-0.1, -0.05) is 18.2 Å². The van der Waals surface area contributed by atoms with Gasteiger partial charge in [-0.15, -0.1) is 11.3 Å². The quantitative estimate of drug-likeness (QED) is 0.441. The van der Waals surface area contributed by atoms with Gasteiger partial charge in [0.15, 0.2) is 0 Å². The molecule has 2 heterocycles. The number of aryl methyl sites for hydroxylation is 1. The van der Waals surface area contributed by atoms with Crippen LogP contribution in [0, 0.1) is 6.92 Å². The van der Waals surface area contributed by atoms with E-state index < -0.39 is 17.5 Å². The number of thiophene rings is 1. The molecule has 0 saturated carbocycles. The van der Waals surface area contributed by atoms with Crippen LogP contribution in [0.1, 0.15) is 15.2 Å². The van der Waals surface area contributed by atoms with Gasteiger partial charge in [-0.05, 0) is 24.6 Å². The Balaban J connectivity index is 1.64. The van der Waals surface area contributed by atoms with E-state index in [-0.39, 0.29) is 19.8 Å². The van der Waals surface area contributed by atoms with Gasteiger partial charge in [0, 0.05) is 0 Å². The number of rotatable bonds is 7. The van der Waals surface area contributed by atoms with Crippen molar-refractivity contribution in [3.8, 4) is 5.75 Å². The molecule has 3 aromatic rings. The summed E-state index contributed by atoms with van der Waals surface area (Å²) in [5.41, 5.74) is 0.0784. The summed E-state index contributed by atoms with van der Waals surface area (Å²) in [4.78, 5) is 41.4. The predicted octanol–water partition coefficient (Wildman–Crippen LogP) is 2.18. The Morgan fingerprint density at radius 3 is 2.64 bits per heavy atom. The number of hydrogen-bond acceptors (Lipinski definition) is 8. The van der Waals surface area contributed by atoms with Gasteiger partial charge in [-0.2, -0.15) is 0 Å². The van der Waals surface area contributed by atoms with Crippen molar-refractivity contribution in [1.29, 1.82) is 0 Å². The predicted molar refractivity (Wildman–Crippen MR) is 103 cm³/mol. The van der Waals surface area contributed by atoms with Gasteiger partial charge in [0.2, 0.25) is 0 Å². The number of benzene rings is 1. The van der Waals surface area contributed by atoms with Crippen LogP contribution in [0.25, 0.3) is 10.2 Å². The van der Waals surface area contributed by atoms with Crippen LogP contribution < -0.4 is 10.3 Å². The lowest BCUT2D eigenvalue weighted by molar-refractivity contribution is -0.145. The second kappa shape index (κ2) is 8.66. The Labute approximate surface area is 164 Å². The number of carbonyl (C=O) groups is 2. The van der Waals surface area contributed by atoms with Gasteiger partial charge in [0.25, 0.3) is 5.56 Å². The first-order valence-electron chi connectivity index (χ1n) is 8.41. The number of carbonyl (C=O) groups excluding carboxylic acids is 2. The van der Waals surface area contributed by atoms with Gasteiger partial charge in [0.1, 0.15) is 35.2 Å². The topological polar surface area (TPSA) is 96.7 Å². The fourth-order valence-corrected chi connectivity index (χ4v) is 3.63. The van der Waals surface area contributed by atoms with E-state index in [0.717, 1.165) is 15.9 Å². The number of para-hydroxylation sites is 1. The molecular formula is C19H18N2O6S. The molecule has 3 rings (SSSR count). The molecule has 0 atom stereocenters. The van der Waals surface area contributed by atoms with Crippen molar-refractivity contribution in [2.75, 3.05) is 20.3 Å². The molecule has 2 aromatic heterocycles. The lowest BCUT2D eigenvalue weighted by Crippen LogP contribution is -2.26. The Hall–Kier alpha value is -3.20. The molecule has 8 nitrogen and oxygen atoms in total. The SMILES string of the molecule is COC(=O)c1sc2ncn(CC(=O)OCCOc3ccccc3)c(=O)c2c1C. The van der Waals surface area contributed by atoms with Crippen molar-refractivity contribution in [3.63, 3.8) is 0 Å². The summed E-state index contributed by atoms with van der Waals surface area (Å²) in [7, 11) is 1.27. The molecule has 0 fully saturated rings. The number of methoxy groups -OCH3 is 1. The summed E-state index contributed by atoms with van der Waals surface area (Å²) < 4.78 is 16.4. The molecular weight excluding hydrogens is 384 g/mol. The minimum atomic E-state index is -0.582. The molecule has 1 aromatic carbocycles. The summed E-state index contributed by atoms with van der Waals surface area (Å²) >= 11 is 1.08. The second-order valence-corrected chi connectivity index (χ2v) is 6.79. The maximum Gasteiger partial charge on any atom is 0.348 e. The summed E-state index contributed by atoms with van der Waals surface area (Å²) in [5.74, 6) is -0.427. The molecule has 0 bridgehead atoms. The van der Waals surface area contributed by atoms with Gasteiger partial charge in [-0.25, -0.2) is 9.78 Å². The van der Waals surface area contributed by atoms with Gasteiger partial charge in [-0.3, -0.25) is 14.2 Å². The van der Waals surface area contributed by atoms with Crippen LogP contribution in [0.5, 0.6) is 5.75 Å². The Bertz CT molecular complexity index is 1060. The molecule has 0 amide bonds. The van der Waals surface area contributed by atoms with Gasteiger partial charge >= 0.3 is 11.9 Å². The summed E-state index contributed by atoms with van der Waals surface area (Å²) in [5, 5.41) is 0.299. The average Bonchev–Trinajstić information content (AvgIpc) is 3.05. The minimum absolute atomic E-state index is 0.0577.